The van der Waals surface area contributed by atoms with Crippen LogP contribution >= 0.6 is 0 Å². The van der Waals surface area contributed by atoms with Gasteiger partial charge in [0, 0.05) is 0 Å². The highest BCUT2D eigenvalue weighted by Crippen LogP contribution is 2.15. The van der Waals surface area contributed by atoms with Crippen molar-refractivity contribution in [3.8, 4) is 11.5 Å². The lowest BCUT2D eigenvalue weighted by Crippen LogP contribution is -2.08. The van der Waals surface area contributed by atoms with Gasteiger partial charge in [0.2, 0.25) is 0 Å². The Hall–Kier alpha value is -2.29. The average molecular weight is 227 g/mol. The monoisotopic (exact) mass is 227 g/mol. The maximum atomic E-state index is 11.8. The summed E-state index contributed by atoms with van der Waals surface area (Å²) in [5, 5.41) is 0. The zero-order valence-electron chi connectivity index (χ0n) is 9.34. The lowest BCUT2D eigenvalue weighted by molar-refractivity contribution is 0.0734. The third kappa shape index (κ3) is 2.84. The molecule has 3 heteroatoms. The molecule has 0 aromatic heterocycles. The van der Waals surface area contributed by atoms with Gasteiger partial charge in [0.05, 0.1) is 12.7 Å². The Kier molecular flexibility index (Phi) is 3.40. The van der Waals surface area contributed by atoms with Crippen molar-refractivity contribution in [1.82, 2.24) is 0 Å². The molecule has 0 fully saturated rings. The van der Waals surface area contributed by atoms with Crippen molar-refractivity contribution in [2.75, 3.05) is 7.11 Å². The summed E-state index contributed by atoms with van der Waals surface area (Å²) in [7, 11) is 1.55. The molecule has 0 saturated carbocycles. The van der Waals surface area contributed by atoms with Crippen molar-refractivity contribution in [2.45, 2.75) is 0 Å². The van der Waals surface area contributed by atoms with Gasteiger partial charge in [0.1, 0.15) is 11.5 Å². The first-order chi connectivity index (χ1) is 8.29. The molecule has 0 aliphatic carbocycles. The van der Waals surface area contributed by atoms with E-state index in [1.54, 1.807) is 55.6 Å². The molecule has 0 aliphatic heterocycles. The van der Waals surface area contributed by atoms with Gasteiger partial charge in [-0.3, -0.25) is 0 Å². The maximum Gasteiger partial charge on any atom is 0.343 e. The van der Waals surface area contributed by atoms with Gasteiger partial charge < -0.3 is 9.47 Å². The largest absolute Gasteiger partial charge is 0.497 e. The normalized spacial score (nSPS) is 9.71. The van der Waals surface area contributed by atoms with Crippen LogP contribution in [0.1, 0.15) is 10.4 Å². The van der Waals surface area contributed by atoms with Crippen molar-refractivity contribution in [1.29, 1.82) is 0 Å². The second-order valence-corrected chi connectivity index (χ2v) is 3.36. The first kappa shape index (κ1) is 11.2. The Balaban J connectivity index is 2.14. The Labute approximate surface area is 99.6 Å². The fraction of sp³-hybridized carbons (Fsp3) is 0.0714. The van der Waals surface area contributed by atoms with Gasteiger partial charge in [-0.2, -0.15) is 0 Å². The van der Waals surface area contributed by atoms with Crippen molar-refractivity contribution in [3.05, 3.63) is 60.2 Å². The summed E-state index contributed by atoms with van der Waals surface area (Å²) in [5.41, 5.74) is 0.456. The molecule has 85 valence electrons. The van der Waals surface area contributed by atoms with Gasteiger partial charge in [-0.25, -0.2) is 4.79 Å². The van der Waals surface area contributed by atoms with Crippen LogP contribution in [0.15, 0.2) is 48.5 Å². The molecule has 3 nitrogen and oxygen atoms in total. The number of methoxy groups -OCH3 is 1. The Bertz CT molecular complexity index is 506. The first-order valence-electron chi connectivity index (χ1n) is 5.12. The van der Waals surface area contributed by atoms with Crippen LogP contribution in [-0.2, 0) is 0 Å². The van der Waals surface area contributed by atoms with Crippen molar-refractivity contribution >= 4 is 5.97 Å². The van der Waals surface area contributed by atoms with E-state index in [-0.39, 0.29) is 0 Å². The van der Waals surface area contributed by atoms with Gasteiger partial charge in [-0.1, -0.05) is 18.2 Å². The topological polar surface area (TPSA) is 35.5 Å². The quantitative estimate of drug-likeness (QED) is 0.597. The SMILES string of the molecule is COc1cccc(C(=O)Oc2cc[c]cc2)c1. The maximum absolute atomic E-state index is 11.8. The molecule has 0 atom stereocenters. The molecule has 0 heterocycles. The molecular weight excluding hydrogens is 216 g/mol. The number of hydrogen-bond acceptors (Lipinski definition) is 3. The van der Waals surface area contributed by atoms with E-state index in [2.05, 4.69) is 6.07 Å². The molecule has 1 radical (unpaired) electrons. The Morgan fingerprint density at radius 3 is 2.59 bits per heavy atom. The van der Waals surface area contributed by atoms with Gasteiger partial charge in [0.15, 0.2) is 0 Å². The zero-order valence-corrected chi connectivity index (χ0v) is 9.34. The van der Waals surface area contributed by atoms with Crippen LogP contribution < -0.4 is 9.47 Å². The molecule has 0 N–H and O–H groups in total. The summed E-state index contributed by atoms with van der Waals surface area (Å²) >= 11 is 0. The predicted octanol–water partition coefficient (Wildman–Crippen LogP) is 2.71. The van der Waals surface area contributed by atoms with Crippen molar-refractivity contribution in [3.63, 3.8) is 0 Å². The molecule has 0 unspecified atom stereocenters. The summed E-state index contributed by atoms with van der Waals surface area (Å²) in [4.78, 5) is 11.8. The summed E-state index contributed by atoms with van der Waals surface area (Å²) in [6, 6.07) is 16.4. The fourth-order valence-corrected chi connectivity index (χ4v) is 1.36. The van der Waals surface area contributed by atoms with Crippen LogP contribution in [0.3, 0.4) is 0 Å². The first-order valence-corrected chi connectivity index (χ1v) is 5.12. The number of ether oxygens (including phenoxy) is 2. The van der Waals surface area contributed by atoms with E-state index in [1.807, 2.05) is 0 Å². The van der Waals surface area contributed by atoms with Gasteiger partial charge in [0.25, 0.3) is 0 Å². The molecular formula is C14H11O3. The van der Waals surface area contributed by atoms with Crippen molar-refractivity contribution < 1.29 is 14.3 Å². The van der Waals surface area contributed by atoms with Crippen LogP contribution in [0, 0.1) is 6.07 Å². The van der Waals surface area contributed by atoms with Crippen molar-refractivity contribution in [2.24, 2.45) is 0 Å². The number of esters is 1. The lowest BCUT2D eigenvalue weighted by atomic mass is 10.2. The molecule has 0 saturated heterocycles. The second kappa shape index (κ2) is 5.16. The third-order valence-electron chi connectivity index (χ3n) is 2.20. The van der Waals surface area contributed by atoms with Gasteiger partial charge in [-0.15, -0.1) is 0 Å². The molecule has 2 rings (SSSR count). The second-order valence-electron chi connectivity index (χ2n) is 3.36. The third-order valence-corrected chi connectivity index (χ3v) is 2.20. The van der Waals surface area contributed by atoms with E-state index in [1.165, 1.54) is 0 Å². The number of hydrogen-bond donors (Lipinski definition) is 0. The van der Waals surface area contributed by atoms with E-state index < -0.39 is 5.97 Å². The highest BCUT2D eigenvalue weighted by molar-refractivity contribution is 5.91. The molecule has 0 aliphatic rings. The Morgan fingerprint density at radius 2 is 1.88 bits per heavy atom. The van der Waals surface area contributed by atoms with Crippen LogP contribution in [0.5, 0.6) is 11.5 Å². The standard InChI is InChI=1S/C14H11O3/c1-16-13-9-5-6-11(10-13)14(15)17-12-7-3-2-4-8-12/h3-10H,1H3. The minimum atomic E-state index is -0.407. The highest BCUT2D eigenvalue weighted by Gasteiger charge is 2.08. The number of rotatable bonds is 3. The number of carbonyl (C=O) groups is 1. The number of carbonyl (C=O) groups excluding carboxylic acids is 1. The van der Waals surface area contributed by atoms with Crippen LogP contribution in [0.4, 0.5) is 0 Å². The molecule has 2 aromatic carbocycles. The van der Waals surface area contributed by atoms with Crippen LogP contribution in [-0.4, -0.2) is 13.1 Å². The van der Waals surface area contributed by atoms with E-state index >= 15 is 0 Å². The smallest absolute Gasteiger partial charge is 0.343 e. The van der Waals surface area contributed by atoms with E-state index in [9.17, 15) is 4.79 Å². The fourth-order valence-electron chi connectivity index (χ4n) is 1.36. The highest BCUT2D eigenvalue weighted by atomic mass is 16.5. The predicted molar refractivity (Wildman–Crippen MR) is 63.2 cm³/mol. The lowest BCUT2D eigenvalue weighted by Gasteiger charge is -2.05. The van der Waals surface area contributed by atoms with Gasteiger partial charge in [-0.05, 0) is 36.4 Å². The number of benzene rings is 2. The summed E-state index contributed by atoms with van der Waals surface area (Å²) in [5.74, 6) is 0.715. The minimum Gasteiger partial charge on any atom is -0.497 e. The van der Waals surface area contributed by atoms with Crippen LogP contribution in [0.2, 0.25) is 0 Å². The Morgan fingerprint density at radius 1 is 1.12 bits per heavy atom. The summed E-state index contributed by atoms with van der Waals surface area (Å²) in [6.45, 7) is 0. The molecule has 0 amide bonds. The zero-order chi connectivity index (χ0) is 12.1. The van der Waals surface area contributed by atoms with Gasteiger partial charge >= 0.3 is 5.97 Å². The van der Waals surface area contributed by atoms with E-state index in [0.29, 0.717) is 17.1 Å². The average Bonchev–Trinajstić information content (AvgIpc) is 2.40. The van der Waals surface area contributed by atoms with E-state index in [0.717, 1.165) is 0 Å². The summed E-state index contributed by atoms with van der Waals surface area (Å²) in [6.07, 6.45) is 0. The molecule has 2 aromatic rings. The molecule has 17 heavy (non-hydrogen) atoms. The van der Waals surface area contributed by atoms with E-state index in [4.69, 9.17) is 9.47 Å². The molecule has 0 spiro atoms. The summed E-state index contributed by atoms with van der Waals surface area (Å²) < 4.78 is 10.2. The molecule has 0 bridgehead atoms. The van der Waals surface area contributed by atoms with Crippen LogP contribution in [0.25, 0.3) is 0 Å². The minimum absolute atomic E-state index is 0.407.